The summed E-state index contributed by atoms with van der Waals surface area (Å²) in [5.41, 5.74) is 2.24. The third-order valence-electron chi connectivity index (χ3n) is 4.97. The molecular weight excluding hydrogens is 436 g/mol. The molecule has 1 aliphatic heterocycles. The second-order valence-corrected chi connectivity index (χ2v) is 9.23. The molecule has 31 heavy (non-hydrogen) atoms. The minimum atomic E-state index is -3.38. The molecule has 0 radical (unpaired) electrons. The van der Waals surface area contributed by atoms with E-state index in [1.807, 2.05) is 12.1 Å². The number of rotatable bonds is 10. The fourth-order valence-corrected chi connectivity index (χ4v) is 4.30. The van der Waals surface area contributed by atoms with E-state index >= 15 is 0 Å². The van der Waals surface area contributed by atoms with Crippen molar-refractivity contribution in [3.63, 3.8) is 0 Å². The quantitative estimate of drug-likeness (QED) is 0.524. The van der Waals surface area contributed by atoms with Crippen molar-refractivity contribution >= 4 is 34.0 Å². The average molecular weight is 465 g/mol. The molecule has 0 spiro atoms. The zero-order valence-corrected chi connectivity index (χ0v) is 19.2. The van der Waals surface area contributed by atoms with E-state index in [-0.39, 0.29) is 35.5 Å². The lowest BCUT2D eigenvalue weighted by Gasteiger charge is -2.17. The van der Waals surface area contributed by atoms with Crippen LogP contribution in [-0.2, 0) is 21.1 Å². The predicted octanol–water partition coefficient (Wildman–Crippen LogP) is 1.87. The highest BCUT2D eigenvalue weighted by atomic mass is 35.5. The third-order valence-corrected chi connectivity index (χ3v) is 6.55. The maximum absolute atomic E-state index is 12.3. The molecule has 1 heterocycles. The van der Waals surface area contributed by atoms with Gasteiger partial charge in [0.2, 0.25) is 5.91 Å². The predicted molar refractivity (Wildman–Crippen MR) is 126 cm³/mol. The number of hydrogen-bond acceptors (Lipinski definition) is 6. The molecule has 9 heteroatoms. The van der Waals surface area contributed by atoms with Crippen molar-refractivity contribution in [2.24, 2.45) is 4.99 Å². The SMILES string of the molecule is CN(CCc1ccc(C2=NCCN2)cc1)C(=O)CCNCS(=O)(=O)c1ccccc1.Cl. The fourth-order valence-electron chi connectivity index (χ4n) is 3.15. The normalized spacial score (nSPS) is 13.1. The molecule has 3 rings (SSSR count). The maximum atomic E-state index is 12.3. The number of benzene rings is 2. The highest BCUT2D eigenvalue weighted by Crippen LogP contribution is 2.09. The summed E-state index contributed by atoms with van der Waals surface area (Å²) in [6.45, 7) is 2.63. The van der Waals surface area contributed by atoms with E-state index in [9.17, 15) is 13.2 Å². The lowest BCUT2D eigenvalue weighted by Crippen LogP contribution is -2.32. The van der Waals surface area contributed by atoms with E-state index in [0.29, 0.717) is 13.1 Å². The number of aliphatic imine (C=N–C) groups is 1. The number of carbonyl (C=O) groups is 1. The molecule has 0 fully saturated rings. The Morgan fingerprint density at radius 2 is 1.84 bits per heavy atom. The van der Waals surface area contributed by atoms with E-state index in [0.717, 1.165) is 36.5 Å². The number of halogens is 1. The van der Waals surface area contributed by atoms with Crippen LogP contribution in [0, 0.1) is 0 Å². The Balaban J connectivity index is 0.00000341. The minimum Gasteiger partial charge on any atom is -0.368 e. The van der Waals surface area contributed by atoms with Gasteiger partial charge in [0, 0.05) is 38.7 Å². The van der Waals surface area contributed by atoms with Crippen LogP contribution < -0.4 is 10.6 Å². The van der Waals surface area contributed by atoms with Crippen LogP contribution in [0.1, 0.15) is 17.5 Å². The first-order valence-corrected chi connectivity index (χ1v) is 11.7. The summed E-state index contributed by atoms with van der Waals surface area (Å²) in [5.74, 6) is 0.747. The number of carbonyl (C=O) groups excluding carboxylic acids is 1. The summed E-state index contributed by atoms with van der Waals surface area (Å²) in [6, 6.07) is 16.5. The van der Waals surface area contributed by atoms with Crippen molar-refractivity contribution in [3.05, 3.63) is 65.7 Å². The first-order chi connectivity index (χ1) is 14.5. The number of hydrogen-bond donors (Lipinski definition) is 2. The molecule has 0 atom stereocenters. The molecule has 0 unspecified atom stereocenters. The summed E-state index contributed by atoms with van der Waals surface area (Å²) >= 11 is 0. The van der Waals surface area contributed by atoms with Crippen molar-refractivity contribution in [2.45, 2.75) is 17.7 Å². The van der Waals surface area contributed by atoms with Crippen LogP contribution in [-0.4, -0.2) is 64.2 Å². The Morgan fingerprint density at radius 3 is 2.48 bits per heavy atom. The Labute approximate surface area is 190 Å². The van der Waals surface area contributed by atoms with Crippen LogP contribution in [0.15, 0.2) is 64.5 Å². The van der Waals surface area contributed by atoms with Crippen molar-refractivity contribution < 1.29 is 13.2 Å². The zero-order chi connectivity index (χ0) is 21.4. The van der Waals surface area contributed by atoms with Crippen LogP contribution in [0.2, 0.25) is 0 Å². The van der Waals surface area contributed by atoms with Gasteiger partial charge < -0.3 is 15.5 Å². The zero-order valence-electron chi connectivity index (χ0n) is 17.6. The molecule has 0 aliphatic carbocycles. The molecule has 0 saturated carbocycles. The molecule has 2 N–H and O–H groups in total. The maximum Gasteiger partial charge on any atom is 0.223 e. The van der Waals surface area contributed by atoms with Crippen molar-refractivity contribution in [1.29, 1.82) is 0 Å². The number of likely N-dealkylation sites (N-methyl/N-ethyl adjacent to an activating group) is 1. The largest absolute Gasteiger partial charge is 0.368 e. The van der Waals surface area contributed by atoms with E-state index in [1.54, 1.807) is 42.3 Å². The molecule has 2 aromatic rings. The van der Waals surface area contributed by atoms with Gasteiger partial charge in [-0.3, -0.25) is 9.79 Å². The second-order valence-electron chi connectivity index (χ2n) is 7.24. The second kappa shape index (κ2) is 11.8. The summed E-state index contributed by atoms with van der Waals surface area (Å²) in [6.07, 6.45) is 1.02. The minimum absolute atomic E-state index is 0. The summed E-state index contributed by atoms with van der Waals surface area (Å²) in [5, 5.41) is 6.12. The van der Waals surface area contributed by atoms with Gasteiger partial charge in [0.15, 0.2) is 9.84 Å². The molecule has 2 aromatic carbocycles. The average Bonchev–Trinajstić information content (AvgIpc) is 3.31. The first-order valence-electron chi connectivity index (χ1n) is 10.1. The van der Waals surface area contributed by atoms with Gasteiger partial charge in [0.25, 0.3) is 0 Å². The Hall–Kier alpha value is -2.42. The van der Waals surface area contributed by atoms with Gasteiger partial charge in [-0.1, -0.05) is 42.5 Å². The lowest BCUT2D eigenvalue weighted by atomic mass is 10.1. The van der Waals surface area contributed by atoms with Crippen molar-refractivity contribution in [3.8, 4) is 0 Å². The standard InChI is InChI=1S/C22H28N4O3S.ClH/c1-26(16-12-18-7-9-19(10-8-18)22-24-14-15-25-22)21(27)11-13-23-17-30(28,29)20-5-3-2-4-6-20;/h2-10,23H,11-17H2,1H3,(H,24,25);1H. The molecule has 7 nitrogen and oxygen atoms in total. The summed E-state index contributed by atoms with van der Waals surface area (Å²) < 4.78 is 24.4. The number of amidine groups is 1. The Morgan fingerprint density at radius 1 is 1.13 bits per heavy atom. The highest BCUT2D eigenvalue weighted by Gasteiger charge is 2.14. The van der Waals surface area contributed by atoms with E-state index < -0.39 is 9.84 Å². The lowest BCUT2D eigenvalue weighted by molar-refractivity contribution is -0.129. The summed E-state index contributed by atoms with van der Waals surface area (Å²) in [4.78, 5) is 18.7. The first kappa shape index (κ1) is 24.8. The molecule has 168 valence electrons. The number of nitrogens with zero attached hydrogens (tertiary/aromatic N) is 2. The Kier molecular flexibility index (Phi) is 9.48. The fraction of sp³-hybridized carbons (Fsp3) is 0.364. The van der Waals surface area contributed by atoms with Gasteiger partial charge in [-0.2, -0.15) is 0 Å². The van der Waals surface area contributed by atoms with Gasteiger partial charge in [0.05, 0.1) is 11.4 Å². The molecule has 1 aliphatic rings. The molecule has 0 bridgehead atoms. The topological polar surface area (TPSA) is 90.9 Å². The molecular formula is C22H29ClN4O3S. The summed E-state index contributed by atoms with van der Waals surface area (Å²) in [7, 11) is -1.61. The van der Waals surface area contributed by atoms with Crippen LogP contribution in [0.3, 0.4) is 0 Å². The number of amides is 1. The van der Waals surface area contributed by atoms with Gasteiger partial charge >= 0.3 is 0 Å². The van der Waals surface area contributed by atoms with Gasteiger partial charge in [0.1, 0.15) is 11.7 Å². The van der Waals surface area contributed by atoms with Gasteiger partial charge in [-0.25, -0.2) is 8.42 Å². The van der Waals surface area contributed by atoms with Gasteiger partial charge in [-0.05, 0) is 24.1 Å². The van der Waals surface area contributed by atoms with Crippen LogP contribution in [0.4, 0.5) is 0 Å². The van der Waals surface area contributed by atoms with E-state index in [1.165, 1.54) is 0 Å². The molecule has 0 aromatic heterocycles. The smallest absolute Gasteiger partial charge is 0.223 e. The Bertz CT molecular complexity index is 980. The highest BCUT2D eigenvalue weighted by molar-refractivity contribution is 7.91. The van der Waals surface area contributed by atoms with E-state index in [2.05, 4.69) is 27.8 Å². The molecule has 1 amide bonds. The number of sulfone groups is 1. The van der Waals surface area contributed by atoms with Crippen molar-refractivity contribution in [1.82, 2.24) is 15.5 Å². The van der Waals surface area contributed by atoms with E-state index in [4.69, 9.17) is 0 Å². The number of nitrogens with one attached hydrogen (secondary N) is 2. The van der Waals surface area contributed by atoms with Gasteiger partial charge in [-0.15, -0.1) is 12.4 Å². The van der Waals surface area contributed by atoms with Crippen molar-refractivity contribution in [2.75, 3.05) is 39.1 Å². The monoisotopic (exact) mass is 464 g/mol. The third kappa shape index (κ3) is 7.34. The van der Waals surface area contributed by atoms with Crippen LogP contribution >= 0.6 is 12.4 Å². The van der Waals surface area contributed by atoms with Crippen LogP contribution in [0.5, 0.6) is 0 Å². The molecule has 0 saturated heterocycles. The van der Waals surface area contributed by atoms with Crippen LogP contribution in [0.25, 0.3) is 0 Å².